The van der Waals surface area contributed by atoms with E-state index < -0.39 is 23.9 Å². The number of aromatic nitrogens is 4. The van der Waals surface area contributed by atoms with Gasteiger partial charge < -0.3 is 24.8 Å². The maximum atomic E-state index is 14.7. The van der Waals surface area contributed by atoms with Crippen molar-refractivity contribution in [2.75, 3.05) is 51.2 Å². The van der Waals surface area contributed by atoms with Crippen LogP contribution in [0.3, 0.4) is 0 Å². The molecule has 0 aliphatic carbocycles. The number of ether oxygens (including phenoxy) is 1. The smallest absolute Gasteiger partial charge is 0.410 e. The zero-order valence-corrected chi connectivity index (χ0v) is 20.9. The standard InChI is InChI=1S/C23H35FN8O3/c1-23(2,3)35-22(34)31-10-9-17(16(24)15-31)25-21(33)8-7-19-27-26-18-5-6-20(28-32(18)19)30-13-11-29(4)12-14-30/h5-6,16-17H,7-15H2,1-4H3,(H,25,33)/t16-,17-/m0/s1. The Morgan fingerprint density at radius 3 is 2.57 bits per heavy atom. The maximum absolute atomic E-state index is 14.7. The number of likely N-dealkylation sites (N-methyl/N-ethyl adjacent to an activating group) is 1. The van der Waals surface area contributed by atoms with E-state index >= 15 is 0 Å². The Balaban J connectivity index is 1.30. The van der Waals surface area contributed by atoms with Crippen LogP contribution in [0.25, 0.3) is 5.65 Å². The Hall–Kier alpha value is -3.02. The van der Waals surface area contributed by atoms with E-state index in [0.717, 1.165) is 32.0 Å². The van der Waals surface area contributed by atoms with Crippen molar-refractivity contribution in [2.24, 2.45) is 0 Å². The molecule has 2 atom stereocenters. The van der Waals surface area contributed by atoms with Crippen LogP contribution in [0.5, 0.6) is 0 Å². The number of hydrogen-bond acceptors (Lipinski definition) is 8. The molecular weight excluding hydrogens is 455 g/mol. The van der Waals surface area contributed by atoms with Crippen LogP contribution in [-0.2, 0) is 16.0 Å². The first kappa shape index (κ1) is 25.1. The predicted molar refractivity (Wildman–Crippen MR) is 128 cm³/mol. The first-order valence-corrected chi connectivity index (χ1v) is 12.2. The summed E-state index contributed by atoms with van der Waals surface area (Å²) in [4.78, 5) is 30.6. The van der Waals surface area contributed by atoms with Gasteiger partial charge in [-0.15, -0.1) is 15.3 Å². The lowest BCUT2D eigenvalue weighted by atomic mass is 10.0. The number of piperidine rings is 1. The molecule has 0 spiro atoms. The summed E-state index contributed by atoms with van der Waals surface area (Å²) in [7, 11) is 2.10. The third kappa shape index (κ3) is 6.36. The Labute approximate surface area is 204 Å². The van der Waals surface area contributed by atoms with Gasteiger partial charge in [-0.1, -0.05) is 0 Å². The number of likely N-dealkylation sites (tertiary alicyclic amines) is 1. The van der Waals surface area contributed by atoms with Crippen molar-refractivity contribution in [2.45, 2.75) is 57.8 Å². The molecule has 2 saturated heterocycles. The van der Waals surface area contributed by atoms with Gasteiger partial charge in [0.1, 0.15) is 17.6 Å². The van der Waals surface area contributed by atoms with Gasteiger partial charge in [0.25, 0.3) is 0 Å². The number of alkyl halides is 1. The highest BCUT2D eigenvalue weighted by Crippen LogP contribution is 2.19. The lowest BCUT2D eigenvalue weighted by Gasteiger charge is -2.35. The van der Waals surface area contributed by atoms with Gasteiger partial charge in [0, 0.05) is 45.6 Å². The molecule has 2 aliphatic rings. The summed E-state index contributed by atoms with van der Waals surface area (Å²) in [6.07, 6.45) is -1.09. The number of nitrogens with one attached hydrogen (secondary N) is 1. The zero-order chi connectivity index (χ0) is 25.2. The quantitative estimate of drug-likeness (QED) is 0.668. The van der Waals surface area contributed by atoms with Crippen molar-refractivity contribution in [3.05, 3.63) is 18.0 Å². The third-order valence-electron chi connectivity index (χ3n) is 6.26. The molecule has 4 rings (SSSR count). The molecule has 35 heavy (non-hydrogen) atoms. The highest BCUT2D eigenvalue weighted by molar-refractivity contribution is 5.76. The summed E-state index contributed by atoms with van der Waals surface area (Å²) in [6.45, 7) is 9.27. The Morgan fingerprint density at radius 2 is 1.89 bits per heavy atom. The number of hydrogen-bond donors (Lipinski definition) is 1. The second-order valence-electron chi connectivity index (χ2n) is 10.3. The zero-order valence-electron chi connectivity index (χ0n) is 20.9. The molecule has 11 nitrogen and oxygen atoms in total. The molecule has 2 aliphatic heterocycles. The summed E-state index contributed by atoms with van der Waals surface area (Å²) in [5.41, 5.74) is -0.0171. The van der Waals surface area contributed by atoms with Gasteiger partial charge >= 0.3 is 6.09 Å². The summed E-state index contributed by atoms with van der Waals surface area (Å²) in [6, 6.07) is 3.18. The van der Waals surface area contributed by atoms with Crippen LogP contribution in [0, 0.1) is 0 Å². The molecule has 1 N–H and O–H groups in total. The minimum absolute atomic E-state index is 0.104. The SMILES string of the molecule is CN1CCN(c2ccc3nnc(CCC(=O)N[C@H]4CCN(C(=O)OC(C)(C)C)C[C@@H]4F)n3n2)CC1. The number of amides is 2. The number of anilines is 1. The Bertz CT molecular complexity index is 1050. The lowest BCUT2D eigenvalue weighted by Crippen LogP contribution is -2.54. The fourth-order valence-electron chi connectivity index (χ4n) is 4.25. The van der Waals surface area contributed by atoms with Crippen molar-refractivity contribution < 1.29 is 18.7 Å². The number of nitrogens with zero attached hydrogens (tertiary/aromatic N) is 7. The van der Waals surface area contributed by atoms with Crippen molar-refractivity contribution in [1.82, 2.24) is 34.9 Å². The number of piperazine rings is 1. The van der Waals surface area contributed by atoms with Gasteiger partial charge in [0.15, 0.2) is 11.5 Å². The van der Waals surface area contributed by atoms with E-state index in [-0.39, 0.29) is 18.9 Å². The van der Waals surface area contributed by atoms with Crippen LogP contribution >= 0.6 is 0 Å². The van der Waals surface area contributed by atoms with Crippen molar-refractivity contribution in [1.29, 1.82) is 0 Å². The van der Waals surface area contributed by atoms with E-state index in [0.29, 0.717) is 30.9 Å². The monoisotopic (exact) mass is 490 g/mol. The lowest BCUT2D eigenvalue weighted by molar-refractivity contribution is -0.122. The summed E-state index contributed by atoms with van der Waals surface area (Å²) in [5.74, 6) is 1.17. The second kappa shape index (κ2) is 10.3. The van der Waals surface area contributed by atoms with Crippen LogP contribution in [0.2, 0.25) is 0 Å². The van der Waals surface area contributed by atoms with Gasteiger partial charge in [-0.25, -0.2) is 9.18 Å². The topological polar surface area (TPSA) is 108 Å². The van der Waals surface area contributed by atoms with Crippen LogP contribution in [-0.4, -0.2) is 106 Å². The van der Waals surface area contributed by atoms with E-state index in [2.05, 4.69) is 32.4 Å². The third-order valence-corrected chi connectivity index (χ3v) is 6.26. The number of carbonyl (C=O) groups excluding carboxylic acids is 2. The molecule has 2 amide bonds. The fourth-order valence-corrected chi connectivity index (χ4v) is 4.25. The minimum Gasteiger partial charge on any atom is -0.444 e. The Kier molecular flexibility index (Phi) is 7.39. The van der Waals surface area contributed by atoms with Crippen molar-refractivity contribution in [3.63, 3.8) is 0 Å². The molecule has 0 unspecified atom stereocenters. The molecule has 0 saturated carbocycles. The Morgan fingerprint density at radius 1 is 1.14 bits per heavy atom. The van der Waals surface area contributed by atoms with Crippen molar-refractivity contribution >= 4 is 23.5 Å². The summed E-state index contributed by atoms with van der Waals surface area (Å²) in [5, 5.41) is 15.8. The van der Waals surface area contributed by atoms with Crippen LogP contribution in [0.4, 0.5) is 15.0 Å². The number of rotatable bonds is 5. The summed E-state index contributed by atoms with van der Waals surface area (Å²) >= 11 is 0. The summed E-state index contributed by atoms with van der Waals surface area (Å²) < 4.78 is 21.7. The molecule has 4 heterocycles. The first-order chi connectivity index (χ1) is 16.6. The molecule has 0 radical (unpaired) electrons. The maximum Gasteiger partial charge on any atom is 0.410 e. The molecular formula is C23H35FN8O3. The van der Waals surface area contributed by atoms with Gasteiger partial charge in [0.2, 0.25) is 5.91 Å². The molecule has 2 aromatic heterocycles. The molecule has 12 heteroatoms. The molecule has 0 bridgehead atoms. The van der Waals surface area contributed by atoms with Crippen molar-refractivity contribution in [3.8, 4) is 0 Å². The van der Waals surface area contributed by atoms with E-state index in [4.69, 9.17) is 9.84 Å². The second-order valence-corrected chi connectivity index (χ2v) is 10.3. The van der Waals surface area contributed by atoms with Crippen LogP contribution in [0.15, 0.2) is 12.1 Å². The number of halogens is 1. The van der Waals surface area contributed by atoms with E-state index in [1.165, 1.54) is 4.90 Å². The molecule has 192 valence electrons. The van der Waals surface area contributed by atoms with Crippen LogP contribution in [0.1, 0.15) is 39.4 Å². The van der Waals surface area contributed by atoms with E-state index in [1.54, 1.807) is 25.3 Å². The highest BCUT2D eigenvalue weighted by Gasteiger charge is 2.34. The molecule has 0 aromatic carbocycles. The van der Waals surface area contributed by atoms with E-state index in [1.807, 2.05) is 12.1 Å². The van der Waals surface area contributed by atoms with E-state index in [9.17, 15) is 14.0 Å². The average Bonchev–Trinajstić information content (AvgIpc) is 3.20. The number of aryl methyl sites for hydroxylation is 1. The minimum atomic E-state index is -1.36. The van der Waals surface area contributed by atoms with Gasteiger partial charge in [0.05, 0.1) is 12.6 Å². The number of carbonyl (C=O) groups is 2. The fraction of sp³-hybridized carbons (Fsp3) is 0.696. The largest absolute Gasteiger partial charge is 0.444 e. The normalized spacial score (nSPS) is 21.9. The average molecular weight is 491 g/mol. The highest BCUT2D eigenvalue weighted by atomic mass is 19.1. The van der Waals surface area contributed by atoms with Gasteiger partial charge in [-0.2, -0.15) is 4.52 Å². The molecule has 2 fully saturated rings. The number of fused-ring (bicyclic) bond motifs is 1. The molecule has 2 aromatic rings. The van der Waals surface area contributed by atoms with Crippen LogP contribution < -0.4 is 10.2 Å². The first-order valence-electron chi connectivity index (χ1n) is 12.2. The van der Waals surface area contributed by atoms with Gasteiger partial charge in [-0.3, -0.25) is 4.79 Å². The predicted octanol–water partition coefficient (Wildman–Crippen LogP) is 1.27. The van der Waals surface area contributed by atoms with Gasteiger partial charge in [-0.05, 0) is 46.4 Å².